The van der Waals surface area contributed by atoms with Crippen molar-refractivity contribution in [3.63, 3.8) is 0 Å². The number of carbonyl (C=O) groups is 1. The Morgan fingerprint density at radius 1 is 1.29 bits per heavy atom. The number of carbonyl (C=O) groups excluding carboxylic acids is 1. The first-order valence-electron chi connectivity index (χ1n) is 6.40. The van der Waals surface area contributed by atoms with Crippen LogP contribution in [-0.4, -0.2) is 15.9 Å². The van der Waals surface area contributed by atoms with E-state index in [1.165, 1.54) is 17.4 Å². The summed E-state index contributed by atoms with van der Waals surface area (Å²) in [5, 5.41) is 5.65. The van der Waals surface area contributed by atoms with E-state index in [9.17, 15) is 9.59 Å². The summed E-state index contributed by atoms with van der Waals surface area (Å²) in [5.41, 5.74) is 2.72. The maximum atomic E-state index is 12.2. The van der Waals surface area contributed by atoms with E-state index < -0.39 is 0 Å². The van der Waals surface area contributed by atoms with Gasteiger partial charge in [-0.1, -0.05) is 0 Å². The second-order valence-corrected chi connectivity index (χ2v) is 5.68. The number of amides is 1. The van der Waals surface area contributed by atoms with Crippen LogP contribution in [0.2, 0.25) is 0 Å². The van der Waals surface area contributed by atoms with Crippen LogP contribution in [0, 0.1) is 13.8 Å². The Morgan fingerprint density at radius 2 is 2.10 bits per heavy atom. The van der Waals surface area contributed by atoms with E-state index >= 15 is 0 Å². The van der Waals surface area contributed by atoms with Crippen molar-refractivity contribution in [3.05, 3.63) is 56.8 Å². The summed E-state index contributed by atoms with van der Waals surface area (Å²) in [5.74, 6) is -0.272. The van der Waals surface area contributed by atoms with Crippen LogP contribution in [0.4, 0.5) is 5.13 Å². The van der Waals surface area contributed by atoms with Crippen LogP contribution in [0.25, 0.3) is 10.9 Å². The summed E-state index contributed by atoms with van der Waals surface area (Å²) in [6.07, 6.45) is 0. The fourth-order valence-electron chi connectivity index (χ4n) is 2.10. The van der Waals surface area contributed by atoms with Gasteiger partial charge in [0.05, 0.1) is 5.69 Å². The third-order valence-electron chi connectivity index (χ3n) is 3.07. The van der Waals surface area contributed by atoms with Crippen molar-refractivity contribution < 1.29 is 4.79 Å². The van der Waals surface area contributed by atoms with E-state index in [4.69, 9.17) is 0 Å². The number of H-pyrrole nitrogens is 1. The number of nitrogens with zero attached hydrogens (tertiary/aromatic N) is 1. The summed E-state index contributed by atoms with van der Waals surface area (Å²) in [6, 6.07) is 6.55. The van der Waals surface area contributed by atoms with Gasteiger partial charge in [-0.2, -0.15) is 0 Å². The van der Waals surface area contributed by atoms with Gasteiger partial charge < -0.3 is 4.98 Å². The molecule has 0 fully saturated rings. The summed E-state index contributed by atoms with van der Waals surface area (Å²) in [4.78, 5) is 31.5. The molecule has 0 saturated heterocycles. The lowest BCUT2D eigenvalue weighted by Gasteiger charge is -2.04. The molecule has 0 aliphatic heterocycles. The quantitative estimate of drug-likeness (QED) is 0.764. The van der Waals surface area contributed by atoms with Crippen molar-refractivity contribution in [1.29, 1.82) is 0 Å². The SMILES string of the molecule is Cc1csc(NC(=O)c2ccc3[nH]c(C)cc(=O)c3c2)n1. The lowest BCUT2D eigenvalue weighted by atomic mass is 10.1. The zero-order valence-corrected chi connectivity index (χ0v) is 12.4. The molecule has 0 bridgehead atoms. The first-order chi connectivity index (χ1) is 10.0. The molecule has 1 amide bonds. The van der Waals surface area contributed by atoms with Gasteiger partial charge in [0, 0.05) is 33.6 Å². The molecule has 3 rings (SSSR count). The second kappa shape index (κ2) is 5.14. The van der Waals surface area contributed by atoms with Crippen LogP contribution in [-0.2, 0) is 0 Å². The summed E-state index contributed by atoms with van der Waals surface area (Å²) < 4.78 is 0. The third-order valence-corrected chi connectivity index (χ3v) is 3.94. The molecule has 0 atom stereocenters. The van der Waals surface area contributed by atoms with Crippen molar-refractivity contribution >= 4 is 33.3 Å². The first kappa shape index (κ1) is 13.5. The van der Waals surface area contributed by atoms with Gasteiger partial charge in [-0.3, -0.25) is 14.9 Å². The third kappa shape index (κ3) is 2.71. The number of hydrogen-bond donors (Lipinski definition) is 2. The Labute approximate surface area is 124 Å². The minimum atomic E-state index is -0.272. The summed E-state index contributed by atoms with van der Waals surface area (Å²) >= 11 is 1.37. The molecule has 1 aromatic carbocycles. The van der Waals surface area contributed by atoms with Gasteiger partial charge in [0.1, 0.15) is 0 Å². The van der Waals surface area contributed by atoms with Crippen LogP contribution in [0.1, 0.15) is 21.7 Å². The van der Waals surface area contributed by atoms with Gasteiger partial charge in [-0.15, -0.1) is 11.3 Å². The molecule has 0 saturated carbocycles. The molecule has 0 unspecified atom stereocenters. The smallest absolute Gasteiger partial charge is 0.257 e. The maximum Gasteiger partial charge on any atom is 0.257 e. The molecule has 2 heterocycles. The molecule has 3 aromatic rings. The fraction of sp³-hybridized carbons (Fsp3) is 0.133. The number of thiazole rings is 1. The molecule has 21 heavy (non-hydrogen) atoms. The highest BCUT2D eigenvalue weighted by atomic mass is 32.1. The predicted molar refractivity (Wildman–Crippen MR) is 84.1 cm³/mol. The van der Waals surface area contributed by atoms with Gasteiger partial charge in [0.25, 0.3) is 5.91 Å². The zero-order chi connectivity index (χ0) is 15.0. The van der Waals surface area contributed by atoms with E-state index in [0.717, 1.165) is 16.9 Å². The lowest BCUT2D eigenvalue weighted by molar-refractivity contribution is 0.102. The first-order valence-corrected chi connectivity index (χ1v) is 7.28. The number of aromatic nitrogens is 2. The Kier molecular flexibility index (Phi) is 3.31. The van der Waals surface area contributed by atoms with Gasteiger partial charge in [-0.25, -0.2) is 4.98 Å². The van der Waals surface area contributed by atoms with Crippen molar-refractivity contribution in [1.82, 2.24) is 9.97 Å². The van der Waals surface area contributed by atoms with Gasteiger partial charge in [-0.05, 0) is 32.0 Å². The van der Waals surface area contributed by atoms with Crippen molar-refractivity contribution in [2.24, 2.45) is 0 Å². The number of aryl methyl sites for hydroxylation is 2. The van der Waals surface area contributed by atoms with Gasteiger partial charge in [0.2, 0.25) is 0 Å². The topological polar surface area (TPSA) is 74.8 Å². The molecule has 5 nitrogen and oxygen atoms in total. The Balaban J connectivity index is 1.97. The minimum Gasteiger partial charge on any atom is -0.358 e. The van der Waals surface area contributed by atoms with Crippen LogP contribution >= 0.6 is 11.3 Å². The largest absolute Gasteiger partial charge is 0.358 e. The number of pyridine rings is 1. The van der Waals surface area contributed by atoms with E-state index in [-0.39, 0.29) is 11.3 Å². The number of hydrogen-bond acceptors (Lipinski definition) is 4. The maximum absolute atomic E-state index is 12.2. The summed E-state index contributed by atoms with van der Waals surface area (Å²) in [6.45, 7) is 3.69. The molecular formula is C15H13N3O2S. The highest BCUT2D eigenvalue weighted by Gasteiger charge is 2.10. The molecule has 6 heteroatoms. The molecule has 0 spiro atoms. The van der Waals surface area contributed by atoms with Crippen molar-refractivity contribution in [3.8, 4) is 0 Å². The number of fused-ring (bicyclic) bond motifs is 1. The molecule has 0 radical (unpaired) electrons. The Hall–Kier alpha value is -2.47. The lowest BCUT2D eigenvalue weighted by Crippen LogP contribution is -2.13. The van der Waals surface area contributed by atoms with Crippen molar-refractivity contribution in [2.45, 2.75) is 13.8 Å². The Morgan fingerprint density at radius 3 is 2.81 bits per heavy atom. The average Bonchev–Trinajstić information content (AvgIpc) is 2.83. The number of aromatic amines is 1. The zero-order valence-electron chi connectivity index (χ0n) is 11.6. The molecule has 2 aromatic heterocycles. The standard InChI is InChI=1S/C15H13N3O2S/c1-8-5-13(19)11-6-10(3-4-12(11)16-8)14(20)18-15-17-9(2)7-21-15/h3-7H,1-2H3,(H,16,19)(H,17,18,20). The van der Waals surface area contributed by atoms with E-state index in [2.05, 4.69) is 15.3 Å². The predicted octanol–water partition coefficient (Wildman–Crippen LogP) is 2.85. The second-order valence-electron chi connectivity index (χ2n) is 4.83. The molecule has 106 valence electrons. The highest BCUT2D eigenvalue weighted by Crippen LogP contribution is 2.17. The van der Waals surface area contributed by atoms with Gasteiger partial charge in [0.15, 0.2) is 10.6 Å². The molecule has 0 aliphatic carbocycles. The number of anilines is 1. The molecule has 2 N–H and O–H groups in total. The molecular weight excluding hydrogens is 286 g/mol. The van der Waals surface area contributed by atoms with Crippen molar-refractivity contribution in [2.75, 3.05) is 5.32 Å². The minimum absolute atomic E-state index is 0.0963. The Bertz CT molecular complexity index is 895. The van der Waals surface area contributed by atoms with Crippen LogP contribution in [0.3, 0.4) is 0 Å². The van der Waals surface area contributed by atoms with Gasteiger partial charge >= 0.3 is 0 Å². The number of nitrogens with one attached hydrogen (secondary N) is 2. The van der Waals surface area contributed by atoms with E-state index in [0.29, 0.717) is 16.1 Å². The number of rotatable bonds is 2. The monoisotopic (exact) mass is 299 g/mol. The molecule has 0 aliphatic rings. The number of benzene rings is 1. The highest BCUT2D eigenvalue weighted by molar-refractivity contribution is 7.13. The fourth-order valence-corrected chi connectivity index (χ4v) is 2.79. The van der Waals surface area contributed by atoms with E-state index in [1.807, 2.05) is 19.2 Å². The van der Waals surface area contributed by atoms with Crippen LogP contribution < -0.4 is 10.7 Å². The van der Waals surface area contributed by atoms with Crippen LogP contribution in [0.15, 0.2) is 34.4 Å². The van der Waals surface area contributed by atoms with E-state index in [1.54, 1.807) is 18.2 Å². The van der Waals surface area contributed by atoms with Crippen LogP contribution in [0.5, 0.6) is 0 Å². The average molecular weight is 299 g/mol. The summed E-state index contributed by atoms with van der Waals surface area (Å²) in [7, 11) is 0. The normalized spacial score (nSPS) is 10.8.